The van der Waals surface area contributed by atoms with E-state index in [4.69, 9.17) is 0 Å². The Hall–Kier alpha value is -1.07. The first-order valence-corrected chi connectivity index (χ1v) is 8.50. The Bertz CT molecular complexity index is 492. The molecule has 1 aromatic rings. The molecule has 1 saturated heterocycles. The molecule has 2 N–H and O–H groups in total. The van der Waals surface area contributed by atoms with Crippen molar-refractivity contribution >= 4 is 27.5 Å². The fourth-order valence-electron chi connectivity index (χ4n) is 2.78. The van der Waals surface area contributed by atoms with Gasteiger partial charge in [0, 0.05) is 29.8 Å². The molecule has 1 heterocycles. The topological polar surface area (TPSA) is 44.4 Å². The van der Waals surface area contributed by atoms with Crippen LogP contribution in [0.4, 0.5) is 5.69 Å². The van der Waals surface area contributed by atoms with Gasteiger partial charge >= 0.3 is 0 Å². The number of rotatable bonds is 6. The maximum atomic E-state index is 12.1. The molecule has 21 heavy (non-hydrogen) atoms. The summed E-state index contributed by atoms with van der Waals surface area (Å²) in [5.41, 5.74) is 2.41. The molecule has 1 fully saturated rings. The first-order chi connectivity index (χ1) is 10.2. The van der Waals surface area contributed by atoms with Gasteiger partial charge in [-0.15, -0.1) is 0 Å². The van der Waals surface area contributed by atoms with Crippen LogP contribution in [0.25, 0.3) is 0 Å². The van der Waals surface area contributed by atoms with Crippen LogP contribution < -0.4 is 15.5 Å². The molecular weight excluding hydrogens is 330 g/mol. The minimum absolute atomic E-state index is 0.0650. The summed E-state index contributed by atoms with van der Waals surface area (Å²) in [7, 11) is 0. The lowest BCUT2D eigenvalue weighted by molar-refractivity contribution is -0.123. The maximum absolute atomic E-state index is 12.1. The third-order valence-corrected chi connectivity index (χ3v) is 4.30. The third-order valence-electron chi connectivity index (χ3n) is 3.81. The van der Waals surface area contributed by atoms with Crippen molar-refractivity contribution < 1.29 is 4.79 Å². The molecule has 0 saturated carbocycles. The van der Waals surface area contributed by atoms with Gasteiger partial charge in [0.15, 0.2) is 0 Å². The van der Waals surface area contributed by atoms with E-state index in [-0.39, 0.29) is 11.9 Å². The summed E-state index contributed by atoms with van der Waals surface area (Å²) in [5.74, 6) is 0.138. The van der Waals surface area contributed by atoms with Gasteiger partial charge in [0.25, 0.3) is 0 Å². The summed E-state index contributed by atoms with van der Waals surface area (Å²) in [6, 6.07) is 6.26. The van der Waals surface area contributed by atoms with Gasteiger partial charge in [0.05, 0.1) is 0 Å². The molecule has 0 radical (unpaired) electrons. The van der Waals surface area contributed by atoms with E-state index in [0.29, 0.717) is 6.54 Å². The molecular formula is C16H24BrN3O. The number of amides is 1. The molecule has 1 unspecified atom stereocenters. The van der Waals surface area contributed by atoms with E-state index < -0.39 is 0 Å². The van der Waals surface area contributed by atoms with E-state index in [1.54, 1.807) is 0 Å². The molecule has 5 heteroatoms. The number of carbonyl (C=O) groups is 1. The van der Waals surface area contributed by atoms with Crippen LogP contribution >= 0.6 is 15.9 Å². The normalized spacial score (nSPS) is 18.7. The lowest BCUT2D eigenvalue weighted by Crippen LogP contribution is -2.55. The van der Waals surface area contributed by atoms with E-state index in [9.17, 15) is 4.79 Å². The Labute approximate surface area is 135 Å². The highest BCUT2D eigenvalue weighted by molar-refractivity contribution is 9.10. The average Bonchev–Trinajstić information content (AvgIpc) is 2.47. The zero-order valence-electron chi connectivity index (χ0n) is 12.8. The van der Waals surface area contributed by atoms with Crippen molar-refractivity contribution in [2.45, 2.75) is 39.3 Å². The standard InChI is InChI=1S/C16H24BrN3O/c1-3-7-18-11-12-10-13(17)5-6-15(12)20-9-8-19-16(21)14(20)4-2/h5-6,10,14,18H,3-4,7-9,11H2,1-2H3,(H,19,21). The zero-order chi connectivity index (χ0) is 15.2. The van der Waals surface area contributed by atoms with E-state index in [0.717, 1.165) is 36.9 Å². The second-order valence-electron chi connectivity index (χ2n) is 5.36. The quantitative estimate of drug-likeness (QED) is 0.772. The summed E-state index contributed by atoms with van der Waals surface area (Å²) in [5, 5.41) is 6.41. The number of halogens is 1. The van der Waals surface area contributed by atoms with Crippen molar-refractivity contribution in [2.24, 2.45) is 0 Å². The van der Waals surface area contributed by atoms with Gasteiger partial charge in [0.2, 0.25) is 5.91 Å². The van der Waals surface area contributed by atoms with Gasteiger partial charge in [-0.3, -0.25) is 4.79 Å². The van der Waals surface area contributed by atoms with Gasteiger partial charge in [-0.1, -0.05) is 29.8 Å². The minimum Gasteiger partial charge on any atom is -0.357 e. The Kier molecular flexibility index (Phi) is 6.06. The van der Waals surface area contributed by atoms with Crippen LogP contribution in [0.1, 0.15) is 32.3 Å². The average molecular weight is 354 g/mol. The van der Waals surface area contributed by atoms with E-state index in [1.165, 1.54) is 11.3 Å². The second-order valence-corrected chi connectivity index (χ2v) is 6.27. The van der Waals surface area contributed by atoms with Crippen LogP contribution in [0.15, 0.2) is 22.7 Å². The van der Waals surface area contributed by atoms with Gasteiger partial charge in [-0.25, -0.2) is 0 Å². The van der Waals surface area contributed by atoms with Gasteiger partial charge in [0.1, 0.15) is 6.04 Å². The SMILES string of the molecule is CCCNCc1cc(Br)ccc1N1CCNC(=O)C1CC. The highest BCUT2D eigenvalue weighted by Crippen LogP contribution is 2.28. The van der Waals surface area contributed by atoms with E-state index >= 15 is 0 Å². The number of hydrogen-bond donors (Lipinski definition) is 2. The van der Waals surface area contributed by atoms with Gasteiger partial charge < -0.3 is 15.5 Å². The molecule has 1 atom stereocenters. The zero-order valence-corrected chi connectivity index (χ0v) is 14.4. The summed E-state index contributed by atoms with van der Waals surface area (Å²) >= 11 is 3.55. The van der Waals surface area contributed by atoms with Crippen molar-refractivity contribution in [3.8, 4) is 0 Å². The summed E-state index contributed by atoms with van der Waals surface area (Å²) in [4.78, 5) is 14.3. The Balaban J connectivity index is 2.26. The molecule has 0 aromatic heterocycles. The summed E-state index contributed by atoms with van der Waals surface area (Å²) in [6.45, 7) is 7.65. The van der Waals surface area contributed by atoms with Crippen LogP contribution in [-0.2, 0) is 11.3 Å². The maximum Gasteiger partial charge on any atom is 0.242 e. The number of carbonyl (C=O) groups excluding carboxylic acids is 1. The number of nitrogens with zero attached hydrogens (tertiary/aromatic N) is 1. The van der Waals surface area contributed by atoms with Crippen LogP contribution in [-0.4, -0.2) is 31.6 Å². The van der Waals surface area contributed by atoms with Crippen LogP contribution in [0.2, 0.25) is 0 Å². The molecule has 0 spiro atoms. The Morgan fingerprint density at radius 2 is 2.24 bits per heavy atom. The highest BCUT2D eigenvalue weighted by Gasteiger charge is 2.29. The summed E-state index contributed by atoms with van der Waals surface area (Å²) < 4.78 is 1.08. The predicted molar refractivity (Wildman–Crippen MR) is 90.6 cm³/mol. The van der Waals surface area contributed by atoms with E-state index in [2.05, 4.69) is 63.5 Å². The lowest BCUT2D eigenvalue weighted by atomic mass is 10.1. The molecule has 4 nitrogen and oxygen atoms in total. The number of piperazine rings is 1. The van der Waals surface area contributed by atoms with Gasteiger partial charge in [-0.05, 0) is 43.1 Å². The van der Waals surface area contributed by atoms with Crippen molar-refractivity contribution in [2.75, 3.05) is 24.5 Å². The predicted octanol–water partition coefficient (Wildman–Crippen LogP) is 2.66. The first-order valence-electron chi connectivity index (χ1n) is 7.70. The lowest BCUT2D eigenvalue weighted by Gasteiger charge is -2.37. The number of nitrogens with one attached hydrogen (secondary N) is 2. The highest BCUT2D eigenvalue weighted by atomic mass is 79.9. The number of anilines is 1. The molecule has 1 aromatic carbocycles. The molecule has 2 rings (SSSR count). The van der Waals surface area contributed by atoms with Crippen molar-refractivity contribution in [3.63, 3.8) is 0 Å². The molecule has 1 aliphatic heterocycles. The third kappa shape index (κ3) is 3.98. The molecule has 116 valence electrons. The number of benzene rings is 1. The monoisotopic (exact) mass is 353 g/mol. The van der Waals surface area contributed by atoms with Gasteiger partial charge in [-0.2, -0.15) is 0 Å². The molecule has 1 aliphatic rings. The fourth-order valence-corrected chi connectivity index (χ4v) is 3.19. The van der Waals surface area contributed by atoms with E-state index in [1.807, 2.05) is 0 Å². The Morgan fingerprint density at radius 3 is 2.95 bits per heavy atom. The molecule has 0 bridgehead atoms. The molecule has 1 amide bonds. The largest absolute Gasteiger partial charge is 0.357 e. The number of hydrogen-bond acceptors (Lipinski definition) is 3. The smallest absolute Gasteiger partial charge is 0.242 e. The molecule has 0 aliphatic carbocycles. The fraction of sp³-hybridized carbons (Fsp3) is 0.562. The summed E-state index contributed by atoms with van der Waals surface area (Å²) in [6.07, 6.45) is 1.94. The second kappa shape index (κ2) is 7.80. The van der Waals surface area contributed by atoms with Crippen LogP contribution in [0.5, 0.6) is 0 Å². The first kappa shape index (κ1) is 16.3. The van der Waals surface area contributed by atoms with Crippen molar-refractivity contribution in [1.29, 1.82) is 0 Å². The van der Waals surface area contributed by atoms with Crippen LogP contribution in [0.3, 0.4) is 0 Å². The van der Waals surface area contributed by atoms with Crippen molar-refractivity contribution in [1.82, 2.24) is 10.6 Å². The Morgan fingerprint density at radius 1 is 1.43 bits per heavy atom. The van der Waals surface area contributed by atoms with Crippen LogP contribution in [0, 0.1) is 0 Å². The minimum atomic E-state index is -0.0650. The van der Waals surface area contributed by atoms with Crippen molar-refractivity contribution in [3.05, 3.63) is 28.2 Å².